The Hall–Kier alpha value is -2.50. The predicted molar refractivity (Wildman–Crippen MR) is 92.8 cm³/mol. The number of hydrogen-bond donors (Lipinski definition) is 1. The number of furan rings is 2. The van der Waals surface area contributed by atoms with Crippen molar-refractivity contribution in [1.29, 1.82) is 0 Å². The number of hydrogen-bond acceptors (Lipinski definition) is 4. The van der Waals surface area contributed by atoms with Crippen LogP contribution < -0.4 is 5.32 Å². The zero-order chi connectivity index (χ0) is 18.1. The minimum atomic E-state index is -0.251. The van der Waals surface area contributed by atoms with E-state index >= 15 is 0 Å². The topological polar surface area (TPSA) is 75.7 Å². The van der Waals surface area contributed by atoms with Gasteiger partial charge >= 0.3 is 0 Å². The molecular weight excluding hydrogens is 320 g/mol. The summed E-state index contributed by atoms with van der Waals surface area (Å²) in [7, 11) is 0. The van der Waals surface area contributed by atoms with Crippen LogP contribution in [0.4, 0.5) is 0 Å². The molecule has 0 atom stereocenters. The van der Waals surface area contributed by atoms with Crippen molar-refractivity contribution < 1.29 is 18.4 Å². The molecule has 25 heavy (non-hydrogen) atoms. The van der Waals surface area contributed by atoms with E-state index in [-0.39, 0.29) is 17.9 Å². The molecule has 0 aromatic carbocycles. The third-order valence-corrected chi connectivity index (χ3v) is 4.37. The van der Waals surface area contributed by atoms with Gasteiger partial charge in [0.15, 0.2) is 11.5 Å². The Morgan fingerprint density at radius 1 is 1.04 bits per heavy atom. The van der Waals surface area contributed by atoms with E-state index in [2.05, 4.69) is 5.32 Å². The van der Waals surface area contributed by atoms with Crippen molar-refractivity contribution in [3.8, 4) is 0 Å². The first-order chi connectivity index (χ1) is 11.9. The van der Waals surface area contributed by atoms with Gasteiger partial charge in [0.05, 0.1) is 0 Å². The van der Waals surface area contributed by atoms with Gasteiger partial charge in [-0.25, -0.2) is 0 Å². The summed E-state index contributed by atoms with van der Waals surface area (Å²) in [5, 5.41) is 2.84. The lowest BCUT2D eigenvalue weighted by atomic mass is 10.2. The Labute approximate surface area is 147 Å². The molecule has 1 saturated carbocycles. The van der Waals surface area contributed by atoms with Crippen molar-refractivity contribution in [2.24, 2.45) is 0 Å². The molecule has 6 nitrogen and oxygen atoms in total. The van der Waals surface area contributed by atoms with Crippen molar-refractivity contribution in [2.45, 2.75) is 46.6 Å². The second-order valence-electron chi connectivity index (χ2n) is 6.72. The van der Waals surface area contributed by atoms with Gasteiger partial charge in [0.2, 0.25) is 0 Å². The van der Waals surface area contributed by atoms with Crippen LogP contribution in [-0.2, 0) is 0 Å². The van der Waals surface area contributed by atoms with E-state index in [0.29, 0.717) is 30.4 Å². The molecule has 2 heterocycles. The second kappa shape index (κ2) is 6.78. The van der Waals surface area contributed by atoms with Gasteiger partial charge in [0, 0.05) is 30.3 Å². The smallest absolute Gasteiger partial charge is 0.290 e. The van der Waals surface area contributed by atoms with Crippen LogP contribution in [0, 0.1) is 27.7 Å². The summed E-state index contributed by atoms with van der Waals surface area (Å²) in [5.41, 5.74) is 1.66. The number of amides is 2. The van der Waals surface area contributed by atoms with Crippen LogP contribution in [0.2, 0.25) is 0 Å². The summed E-state index contributed by atoms with van der Waals surface area (Å²) in [6.07, 6.45) is 1.99. The second-order valence-corrected chi connectivity index (χ2v) is 6.72. The molecule has 3 rings (SSSR count). The molecule has 1 aliphatic rings. The Kier molecular flexibility index (Phi) is 4.70. The summed E-state index contributed by atoms with van der Waals surface area (Å²) < 4.78 is 11.0. The zero-order valence-electron chi connectivity index (χ0n) is 15.1. The van der Waals surface area contributed by atoms with E-state index in [1.807, 2.05) is 39.8 Å². The number of rotatable bonds is 6. The van der Waals surface area contributed by atoms with Crippen LogP contribution in [0.25, 0.3) is 0 Å². The maximum Gasteiger partial charge on any atom is 0.290 e. The van der Waals surface area contributed by atoms with Gasteiger partial charge in [0.25, 0.3) is 11.8 Å². The van der Waals surface area contributed by atoms with Gasteiger partial charge in [-0.15, -0.1) is 0 Å². The largest absolute Gasteiger partial charge is 0.456 e. The fraction of sp³-hybridized carbons (Fsp3) is 0.474. The SMILES string of the molecule is Cc1cc(C)c(C(=O)NCCN(C(=O)c2oc(C)cc2C)C2CC2)o1. The molecule has 2 amide bonds. The lowest BCUT2D eigenvalue weighted by Crippen LogP contribution is -2.40. The van der Waals surface area contributed by atoms with Gasteiger partial charge in [0.1, 0.15) is 11.5 Å². The van der Waals surface area contributed by atoms with Crippen LogP contribution in [0.1, 0.15) is 56.6 Å². The molecular formula is C19H24N2O4. The summed E-state index contributed by atoms with van der Waals surface area (Å²) in [6, 6.07) is 3.93. The summed E-state index contributed by atoms with van der Waals surface area (Å²) in [4.78, 5) is 26.8. The van der Waals surface area contributed by atoms with Crippen molar-refractivity contribution in [3.05, 3.63) is 46.3 Å². The average Bonchev–Trinajstić information content (AvgIpc) is 3.24. The molecule has 0 spiro atoms. The maximum atomic E-state index is 12.8. The van der Waals surface area contributed by atoms with E-state index in [1.165, 1.54) is 0 Å². The standard InChI is InChI=1S/C19H24N2O4/c1-11-9-13(3)24-16(11)18(22)20-7-8-21(15-5-6-15)19(23)17-12(2)10-14(4)25-17/h9-10,15H,5-8H2,1-4H3,(H,20,22). The van der Waals surface area contributed by atoms with E-state index < -0.39 is 0 Å². The van der Waals surface area contributed by atoms with E-state index in [4.69, 9.17) is 8.83 Å². The van der Waals surface area contributed by atoms with Gasteiger partial charge in [-0.05, 0) is 52.7 Å². The number of nitrogens with one attached hydrogen (secondary N) is 1. The molecule has 2 aromatic rings. The summed E-state index contributed by atoms with van der Waals surface area (Å²) in [5.74, 6) is 1.81. The predicted octanol–water partition coefficient (Wildman–Crippen LogP) is 3.14. The highest BCUT2D eigenvalue weighted by atomic mass is 16.4. The first-order valence-electron chi connectivity index (χ1n) is 8.60. The molecule has 2 aromatic heterocycles. The molecule has 0 aliphatic heterocycles. The number of nitrogens with zero attached hydrogens (tertiary/aromatic N) is 1. The summed E-state index contributed by atoms with van der Waals surface area (Å²) >= 11 is 0. The fourth-order valence-corrected chi connectivity index (χ4v) is 3.06. The minimum Gasteiger partial charge on any atom is -0.456 e. The van der Waals surface area contributed by atoms with Crippen molar-refractivity contribution in [3.63, 3.8) is 0 Å². The highest BCUT2D eigenvalue weighted by Gasteiger charge is 2.34. The van der Waals surface area contributed by atoms with Gasteiger partial charge in [-0.1, -0.05) is 0 Å². The monoisotopic (exact) mass is 344 g/mol. The molecule has 0 bridgehead atoms. The number of carbonyl (C=O) groups is 2. The molecule has 134 valence electrons. The van der Waals surface area contributed by atoms with E-state index in [1.54, 1.807) is 4.90 Å². The average molecular weight is 344 g/mol. The summed E-state index contributed by atoms with van der Waals surface area (Å²) in [6.45, 7) is 8.18. The minimum absolute atomic E-state index is 0.104. The Morgan fingerprint density at radius 2 is 1.60 bits per heavy atom. The fourth-order valence-electron chi connectivity index (χ4n) is 3.06. The Balaban J connectivity index is 1.61. The van der Waals surface area contributed by atoms with Gasteiger partial charge in [-0.2, -0.15) is 0 Å². The molecule has 0 saturated heterocycles. The zero-order valence-corrected chi connectivity index (χ0v) is 15.1. The van der Waals surface area contributed by atoms with Gasteiger partial charge < -0.3 is 19.1 Å². The quantitative estimate of drug-likeness (QED) is 0.873. The van der Waals surface area contributed by atoms with Crippen LogP contribution in [0.5, 0.6) is 0 Å². The number of carbonyl (C=O) groups excluding carboxylic acids is 2. The van der Waals surface area contributed by atoms with E-state index in [9.17, 15) is 9.59 Å². The van der Waals surface area contributed by atoms with Crippen molar-refractivity contribution >= 4 is 11.8 Å². The van der Waals surface area contributed by atoms with E-state index in [0.717, 1.165) is 29.7 Å². The Morgan fingerprint density at radius 3 is 2.08 bits per heavy atom. The van der Waals surface area contributed by atoms with Crippen molar-refractivity contribution in [2.75, 3.05) is 13.1 Å². The normalized spacial score (nSPS) is 13.8. The number of aryl methyl sites for hydroxylation is 4. The van der Waals surface area contributed by atoms with Gasteiger partial charge in [-0.3, -0.25) is 9.59 Å². The van der Waals surface area contributed by atoms with Crippen molar-refractivity contribution in [1.82, 2.24) is 10.2 Å². The Bertz CT molecular complexity index is 798. The first kappa shape index (κ1) is 17.3. The highest BCUT2D eigenvalue weighted by molar-refractivity contribution is 5.94. The van der Waals surface area contributed by atoms with Crippen LogP contribution in [-0.4, -0.2) is 35.8 Å². The molecule has 1 fully saturated rings. The molecule has 0 unspecified atom stereocenters. The molecule has 1 N–H and O–H groups in total. The molecule has 6 heteroatoms. The lowest BCUT2D eigenvalue weighted by Gasteiger charge is -2.21. The molecule has 0 radical (unpaired) electrons. The van der Waals surface area contributed by atoms with Crippen LogP contribution in [0.15, 0.2) is 21.0 Å². The third-order valence-electron chi connectivity index (χ3n) is 4.37. The van der Waals surface area contributed by atoms with Crippen LogP contribution in [0.3, 0.4) is 0 Å². The third kappa shape index (κ3) is 3.78. The highest BCUT2D eigenvalue weighted by Crippen LogP contribution is 2.29. The maximum absolute atomic E-state index is 12.8. The first-order valence-corrected chi connectivity index (χ1v) is 8.60. The lowest BCUT2D eigenvalue weighted by molar-refractivity contribution is 0.0702. The van der Waals surface area contributed by atoms with Crippen LogP contribution >= 0.6 is 0 Å². The molecule has 1 aliphatic carbocycles.